The van der Waals surface area contributed by atoms with E-state index < -0.39 is 7.82 Å². The maximum Gasteiger partial charge on any atom is 0.647 e. The minimum absolute atomic E-state index is 0.495. The highest BCUT2D eigenvalue weighted by molar-refractivity contribution is 7.49. The van der Waals surface area contributed by atoms with E-state index >= 15 is 0 Å². The summed E-state index contributed by atoms with van der Waals surface area (Å²) in [5.74, 6) is 1.49. The van der Waals surface area contributed by atoms with Crippen LogP contribution in [-0.2, 0) is 4.57 Å². The lowest BCUT2D eigenvalue weighted by Crippen LogP contribution is -2.10. The predicted octanol–water partition coefficient (Wildman–Crippen LogP) is 8.11. The Balaban J connectivity index is 2.12. The molecular weight excluding hydrogens is 419 g/mol. The average molecular weight is 453 g/mol. The summed E-state index contributed by atoms with van der Waals surface area (Å²) in [7, 11) is -4.08. The molecule has 0 bridgehead atoms. The van der Waals surface area contributed by atoms with E-state index in [9.17, 15) is 4.57 Å². The number of hydrogen-bond donors (Lipinski definition) is 0. The first-order chi connectivity index (χ1) is 14.9. The lowest BCUT2D eigenvalue weighted by Gasteiger charge is -2.23. The van der Waals surface area contributed by atoms with E-state index in [-0.39, 0.29) is 0 Å². The summed E-state index contributed by atoms with van der Waals surface area (Å²) in [6.45, 7) is 17.8. The van der Waals surface area contributed by atoms with Crippen molar-refractivity contribution >= 4 is 7.82 Å². The molecule has 170 valence electrons. The van der Waals surface area contributed by atoms with Gasteiger partial charge in [0.25, 0.3) is 0 Å². The van der Waals surface area contributed by atoms with Crippen LogP contribution < -0.4 is 13.6 Å². The van der Waals surface area contributed by atoms with Gasteiger partial charge in [-0.3, -0.25) is 0 Å². The van der Waals surface area contributed by atoms with Gasteiger partial charge in [0.05, 0.1) is 0 Å². The van der Waals surface area contributed by atoms with E-state index in [1.165, 1.54) is 0 Å². The normalized spacial score (nSPS) is 11.4. The first-order valence-corrected chi connectivity index (χ1v) is 12.3. The summed E-state index contributed by atoms with van der Waals surface area (Å²) in [6, 6.07) is 11.8. The Morgan fingerprint density at radius 1 is 0.469 bits per heavy atom. The Kier molecular flexibility index (Phi) is 6.76. The zero-order chi connectivity index (χ0) is 23.8. The van der Waals surface area contributed by atoms with Crippen molar-refractivity contribution in [3.05, 3.63) is 86.5 Å². The molecule has 0 aromatic heterocycles. The molecule has 0 fully saturated rings. The average Bonchev–Trinajstić information content (AvgIpc) is 2.67. The summed E-state index contributed by atoms with van der Waals surface area (Å²) in [6.07, 6.45) is 0. The standard InChI is InChI=1S/C27H33O4P/c1-16-10-19(4)22(7)25(13-16)29-32(28,30-26-14-17(2)11-20(5)23(26)8)31-27-15-18(3)12-21(6)24(27)9/h10-15H,1-9H3. The quantitative estimate of drug-likeness (QED) is 0.354. The number of phosphoric acid groups is 1. The van der Waals surface area contributed by atoms with Crippen LogP contribution in [0.2, 0.25) is 0 Å². The molecule has 0 spiro atoms. The van der Waals surface area contributed by atoms with Crippen molar-refractivity contribution in [1.29, 1.82) is 0 Å². The van der Waals surface area contributed by atoms with Gasteiger partial charge in [0, 0.05) is 0 Å². The van der Waals surface area contributed by atoms with Crippen LogP contribution in [0.5, 0.6) is 17.2 Å². The minimum atomic E-state index is -4.08. The molecule has 0 saturated carbocycles. The van der Waals surface area contributed by atoms with Crippen molar-refractivity contribution in [3.8, 4) is 17.2 Å². The van der Waals surface area contributed by atoms with Crippen LogP contribution in [0.4, 0.5) is 0 Å². The molecule has 32 heavy (non-hydrogen) atoms. The molecule has 0 aliphatic rings. The highest BCUT2D eigenvalue weighted by atomic mass is 31.2. The van der Waals surface area contributed by atoms with Crippen LogP contribution in [0.1, 0.15) is 50.1 Å². The van der Waals surface area contributed by atoms with Crippen molar-refractivity contribution in [2.24, 2.45) is 0 Å². The molecule has 5 heteroatoms. The van der Waals surface area contributed by atoms with Crippen LogP contribution in [0, 0.1) is 62.3 Å². The Labute approximate surface area is 192 Å². The third-order valence-electron chi connectivity index (χ3n) is 5.92. The first-order valence-electron chi connectivity index (χ1n) is 10.8. The lowest BCUT2D eigenvalue weighted by molar-refractivity contribution is 0.296. The molecule has 0 unspecified atom stereocenters. The molecule has 0 saturated heterocycles. The minimum Gasteiger partial charge on any atom is -0.386 e. The van der Waals surface area contributed by atoms with Crippen molar-refractivity contribution < 1.29 is 18.1 Å². The van der Waals surface area contributed by atoms with E-state index in [4.69, 9.17) is 13.6 Å². The van der Waals surface area contributed by atoms with Crippen molar-refractivity contribution in [2.45, 2.75) is 62.3 Å². The van der Waals surface area contributed by atoms with Crippen LogP contribution in [0.3, 0.4) is 0 Å². The van der Waals surface area contributed by atoms with Gasteiger partial charge in [-0.05, 0) is 131 Å². The number of benzene rings is 3. The molecule has 0 amide bonds. The molecule has 0 radical (unpaired) electrons. The van der Waals surface area contributed by atoms with Gasteiger partial charge in [0.15, 0.2) is 0 Å². The van der Waals surface area contributed by atoms with Crippen LogP contribution in [-0.4, -0.2) is 0 Å². The van der Waals surface area contributed by atoms with E-state index in [2.05, 4.69) is 18.2 Å². The molecule has 0 aliphatic carbocycles. The van der Waals surface area contributed by atoms with Gasteiger partial charge in [0.2, 0.25) is 0 Å². The van der Waals surface area contributed by atoms with Crippen LogP contribution >= 0.6 is 7.82 Å². The largest absolute Gasteiger partial charge is 0.647 e. The molecule has 0 N–H and O–H groups in total. The monoisotopic (exact) mass is 452 g/mol. The maximum atomic E-state index is 14.2. The van der Waals surface area contributed by atoms with E-state index in [0.717, 1.165) is 50.1 Å². The van der Waals surface area contributed by atoms with Gasteiger partial charge in [-0.1, -0.05) is 18.2 Å². The third kappa shape index (κ3) is 5.19. The van der Waals surface area contributed by atoms with Gasteiger partial charge in [-0.2, -0.15) is 4.57 Å². The van der Waals surface area contributed by atoms with Gasteiger partial charge in [-0.15, -0.1) is 0 Å². The summed E-state index contributed by atoms with van der Waals surface area (Å²) >= 11 is 0. The van der Waals surface area contributed by atoms with Gasteiger partial charge < -0.3 is 13.6 Å². The maximum absolute atomic E-state index is 14.2. The molecule has 3 rings (SSSR count). The summed E-state index contributed by atoms with van der Waals surface area (Å²) < 4.78 is 32.4. The lowest BCUT2D eigenvalue weighted by atomic mass is 10.1. The summed E-state index contributed by atoms with van der Waals surface area (Å²) in [5, 5.41) is 0. The summed E-state index contributed by atoms with van der Waals surface area (Å²) in [4.78, 5) is 0. The first kappa shape index (κ1) is 23.9. The molecule has 4 nitrogen and oxygen atoms in total. The van der Waals surface area contributed by atoms with Crippen LogP contribution in [0.15, 0.2) is 36.4 Å². The number of phosphoric ester groups is 1. The van der Waals surface area contributed by atoms with E-state index in [1.54, 1.807) is 0 Å². The smallest absolute Gasteiger partial charge is 0.386 e. The Morgan fingerprint density at radius 2 is 0.719 bits per heavy atom. The second-order valence-electron chi connectivity index (χ2n) is 8.84. The third-order valence-corrected chi connectivity index (χ3v) is 7.18. The second kappa shape index (κ2) is 9.03. The number of rotatable bonds is 6. The van der Waals surface area contributed by atoms with Crippen molar-refractivity contribution in [1.82, 2.24) is 0 Å². The van der Waals surface area contributed by atoms with Gasteiger partial charge >= 0.3 is 7.82 Å². The highest BCUT2D eigenvalue weighted by Crippen LogP contribution is 2.52. The zero-order valence-electron chi connectivity index (χ0n) is 20.5. The van der Waals surface area contributed by atoms with Crippen LogP contribution in [0.25, 0.3) is 0 Å². The number of aryl methyl sites for hydroxylation is 6. The Morgan fingerprint density at radius 3 is 0.969 bits per heavy atom. The van der Waals surface area contributed by atoms with Crippen molar-refractivity contribution in [3.63, 3.8) is 0 Å². The van der Waals surface area contributed by atoms with Gasteiger partial charge in [0.1, 0.15) is 17.2 Å². The number of hydrogen-bond acceptors (Lipinski definition) is 4. The molecule has 0 heterocycles. The predicted molar refractivity (Wildman–Crippen MR) is 131 cm³/mol. The second-order valence-corrected chi connectivity index (χ2v) is 10.3. The van der Waals surface area contributed by atoms with Gasteiger partial charge in [-0.25, -0.2) is 0 Å². The molecule has 0 aliphatic heterocycles. The fourth-order valence-corrected chi connectivity index (χ4v) is 5.11. The van der Waals surface area contributed by atoms with E-state index in [0.29, 0.717) is 17.2 Å². The van der Waals surface area contributed by atoms with E-state index in [1.807, 2.05) is 80.5 Å². The Bertz CT molecular complexity index is 1080. The molecular formula is C27H33O4P. The topological polar surface area (TPSA) is 44.8 Å². The highest BCUT2D eigenvalue weighted by Gasteiger charge is 2.35. The SMILES string of the molecule is Cc1cc(C)c(C)c(OP(=O)(Oc2cc(C)cc(C)c2C)Oc2cc(C)cc(C)c2C)c1. The molecule has 0 atom stereocenters. The van der Waals surface area contributed by atoms with Crippen molar-refractivity contribution in [2.75, 3.05) is 0 Å². The zero-order valence-corrected chi connectivity index (χ0v) is 21.4. The Hall–Kier alpha value is -2.71. The summed E-state index contributed by atoms with van der Waals surface area (Å²) in [5.41, 5.74) is 8.90. The molecule has 3 aromatic rings. The fraction of sp³-hybridized carbons (Fsp3) is 0.333. The molecule has 3 aromatic carbocycles. The fourth-order valence-electron chi connectivity index (χ4n) is 3.70.